The number of esters is 1. The van der Waals surface area contributed by atoms with Crippen LogP contribution in [0.2, 0.25) is 0 Å². The van der Waals surface area contributed by atoms with E-state index in [-0.39, 0.29) is 18.6 Å². The van der Waals surface area contributed by atoms with Crippen LogP contribution in [0.3, 0.4) is 0 Å². The second kappa shape index (κ2) is 8.02. The van der Waals surface area contributed by atoms with Gasteiger partial charge in [0.2, 0.25) is 0 Å². The largest absolute Gasteiger partial charge is 0.458 e. The standard InChI is InChI=1S/C25H30B2N2O4S/c1-5-25(32)19-11-21-22-17(12-29(21)23(30)18(19)13-33-24(25)31)15(8-9-34(2,3)4)16-10-14(27-26)6-7-20(16)28-22/h6-7,10-11,27,32H,5,8-9,12-13,26H2,1-4H3. The van der Waals surface area contributed by atoms with Crippen molar-refractivity contribution < 1.29 is 14.6 Å². The van der Waals surface area contributed by atoms with Gasteiger partial charge in [-0.05, 0) is 55.1 Å². The molecule has 5 rings (SSSR count). The predicted octanol–water partition coefficient (Wildman–Crippen LogP) is 0.926. The molecule has 2 aromatic heterocycles. The van der Waals surface area contributed by atoms with Crippen molar-refractivity contribution in [2.75, 3.05) is 24.5 Å². The van der Waals surface area contributed by atoms with Crippen LogP contribution >= 0.6 is 10.0 Å². The number of nitrogens with zero attached hydrogens (tertiary/aromatic N) is 2. The summed E-state index contributed by atoms with van der Waals surface area (Å²) in [5, 5.41) is 12.3. The smallest absolute Gasteiger partial charge is 0.343 e. The van der Waals surface area contributed by atoms with E-state index in [1.807, 2.05) is 0 Å². The summed E-state index contributed by atoms with van der Waals surface area (Å²) < 4.78 is 6.94. The van der Waals surface area contributed by atoms with Gasteiger partial charge in [0.05, 0.1) is 36.7 Å². The maximum Gasteiger partial charge on any atom is 0.343 e. The lowest BCUT2D eigenvalue weighted by molar-refractivity contribution is -0.172. The van der Waals surface area contributed by atoms with Crippen LogP contribution in [0.5, 0.6) is 0 Å². The summed E-state index contributed by atoms with van der Waals surface area (Å²) in [7, 11) is 2.39. The topological polar surface area (TPSA) is 81.4 Å². The first-order valence-electron chi connectivity index (χ1n) is 11.8. The number of cyclic esters (lactones) is 1. The summed E-state index contributed by atoms with van der Waals surface area (Å²) >= 11 is 0. The van der Waals surface area contributed by atoms with Crippen LogP contribution < -0.4 is 11.0 Å². The number of aryl methyl sites for hydroxylation is 1. The lowest BCUT2D eigenvalue weighted by atomic mass is 9.51. The zero-order valence-corrected chi connectivity index (χ0v) is 21.3. The van der Waals surface area contributed by atoms with Crippen molar-refractivity contribution in [2.24, 2.45) is 0 Å². The van der Waals surface area contributed by atoms with Gasteiger partial charge < -0.3 is 14.4 Å². The van der Waals surface area contributed by atoms with E-state index >= 15 is 0 Å². The molecule has 3 aromatic rings. The van der Waals surface area contributed by atoms with E-state index < -0.39 is 21.6 Å². The van der Waals surface area contributed by atoms with Gasteiger partial charge in [0, 0.05) is 16.5 Å². The Hall–Kier alpha value is -2.51. The van der Waals surface area contributed by atoms with Gasteiger partial charge in [-0.15, -0.1) is 0 Å². The van der Waals surface area contributed by atoms with Crippen molar-refractivity contribution in [1.82, 2.24) is 9.55 Å². The van der Waals surface area contributed by atoms with Crippen LogP contribution in [-0.4, -0.2) is 60.1 Å². The highest BCUT2D eigenvalue weighted by molar-refractivity contribution is 8.32. The van der Waals surface area contributed by atoms with E-state index in [1.165, 1.54) is 11.0 Å². The van der Waals surface area contributed by atoms with Gasteiger partial charge >= 0.3 is 5.97 Å². The average Bonchev–Trinajstić information content (AvgIpc) is 3.17. The van der Waals surface area contributed by atoms with Crippen LogP contribution in [0.1, 0.15) is 35.6 Å². The molecular weight excluding hydrogens is 446 g/mol. The van der Waals surface area contributed by atoms with Crippen molar-refractivity contribution in [1.29, 1.82) is 0 Å². The molecule has 1 aromatic carbocycles. The molecule has 0 bridgehead atoms. The van der Waals surface area contributed by atoms with Gasteiger partial charge in [-0.2, -0.15) is 0 Å². The van der Waals surface area contributed by atoms with Gasteiger partial charge in [-0.3, -0.25) is 4.79 Å². The van der Waals surface area contributed by atoms with E-state index in [2.05, 4.69) is 44.7 Å². The first kappa shape index (κ1) is 23.2. The maximum absolute atomic E-state index is 13.5. The molecule has 0 fully saturated rings. The lowest BCUT2D eigenvalue weighted by Crippen LogP contribution is -2.44. The zero-order valence-electron chi connectivity index (χ0n) is 20.5. The van der Waals surface area contributed by atoms with Crippen molar-refractivity contribution in [2.45, 2.75) is 38.5 Å². The minimum Gasteiger partial charge on any atom is -0.458 e. The van der Waals surface area contributed by atoms with Crippen LogP contribution in [0.4, 0.5) is 0 Å². The van der Waals surface area contributed by atoms with E-state index in [0.29, 0.717) is 23.4 Å². The van der Waals surface area contributed by atoms with Crippen LogP contribution in [0, 0.1) is 0 Å². The predicted molar refractivity (Wildman–Crippen MR) is 144 cm³/mol. The molecule has 9 heteroatoms. The number of carbonyl (C=O) groups is 1. The second-order valence-corrected chi connectivity index (χ2v) is 14.9. The van der Waals surface area contributed by atoms with E-state index in [0.717, 1.165) is 41.5 Å². The third kappa shape index (κ3) is 3.52. The molecule has 0 saturated carbocycles. The Morgan fingerprint density at radius 3 is 2.68 bits per heavy atom. The number of aromatic nitrogens is 2. The summed E-state index contributed by atoms with van der Waals surface area (Å²) in [4.78, 5) is 31.0. The molecule has 0 aliphatic carbocycles. The normalized spacial score (nSPS) is 19.4. The fourth-order valence-corrected chi connectivity index (χ4v) is 5.94. The van der Waals surface area contributed by atoms with Crippen molar-refractivity contribution in [3.05, 3.63) is 56.9 Å². The molecule has 34 heavy (non-hydrogen) atoms. The highest BCUT2D eigenvalue weighted by Crippen LogP contribution is 2.42. The molecule has 4 heterocycles. The molecule has 0 spiro atoms. The number of ether oxygens (including phenoxy) is 1. The summed E-state index contributed by atoms with van der Waals surface area (Å²) in [5.74, 6) is 0.395. The number of pyridine rings is 2. The number of benzene rings is 1. The van der Waals surface area contributed by atoms with Crippen molar-refractivity contribution in [3.63, 3.8) is 0 Å². The van der Waals surface area contributed by atoms with E-state index in [4.69, 9.17) is 9.72 Å². The molecule has 1 atom stereocenters. The zero-order chi connectivity index (χ0) is 24.4. The summed E-state index contributed by atoms with van der Waals surface area (Å²) in [5.41, 5.74) is 4.68. The maximum atomic E-state index is 13.5. The molecule has 0 amide bonds. The third-order valence-electron chi connectivity index (χ3n) is 7.24. The Balaban J connectivity index is 1.77. The van der Waals surface area contributed by atoms with Crippen LogP contribution in [0.25, 0.3) is 22.3 Å². The Bertz CT molecular complexity index is 1410. The molecule has 2 aliphatic rings. The molecule has 0 saturated heterocycles. The molecule has 0 radical (unpaired) electrons. The minimum atomic E-state index is -1.81. The van der Waals surface area contributed by atoms with Crippen LogP contribution in [0.15, 0.2) is 29.1 Å². The first-order valence-corrected chi connectivity index (χ1v) is 14.9. The third-order valence-corrected chi connectivity index (χ3v) is 8.67. The Morgan fingerprint density at radius 2 is 2.00 bits per heavy atom. The average molecular weight is 476 g/mol. The minimum absolute atomic E-state index is 0.110. The van der Waals surface area contributed by atoms with E-state index in [1.54, 1.807) is 17.6 Å². The van der Waals surface area contributed by atoms with Gasteiger partial charge in [-0.25, -0.2) is 19.8 Å². The van der Waals surface area contributed by atoms with Gasteiger partial charge in [-0.1, -0.05) is 24.5 Å². The molecule has 6 nitrogen and oxygen atoms in total. The van der Waals surface area contributed by atoms with Gasteiger partial charge in [0.25, 0.3) is 5.56 Å². The summed E-state index contributed by atoms with van der Waals surface area (Å²) in [6, 6.07) is 8.22. The molecular formula is C25H30B2N2O4S. The number of aliphatic hydroxyl groups is 1. The molecule has 1 N–H and O–H groups in total. The summed E-state index contributed by atoms with van der Waals surface area (Å²) in [6.45, 7) is 2.06. The monoisotopic (exact) mass is 476 g/mol. The fraction of sp³-hybridized carbons (Fsp3) is 0.400. The molecule has 2 aliphatic heterocycles. The number of rotatable bonds is 5. The number of carbonyl (C=O) groups excluding carboxylic acids is 1. The number of fused-ring (bicyclic) bond motifs is 5. The van der Waals surface area contributed by atoms with Crippen molar-refractivity contribution in [3.8, 4) is 11.4 Å². The van der Waals surface area contributed by atoms with Crippen molar-refractivity contribution >= 4 is 47.3 Å². The molecule has 176 valence electrons. The second-order valence-electron chi connectivity index (χ2n) is 10.3. The first-order chi connectivity index (χ1) is 16.1. The lowest BCUT2D eigenvalue weighted by Gasteiger charge is -2.31. The van der Waals surface area contributed by atoms with Gasteiger partial charge in [0.15, 0.2) is 5.60 Å². The molecule has 1 unspecified atom stereocenters. The Kier molecular flexibility index (Phi) is 5.48. The highest BCUT2D eigenvalue weighted by atomic mass is 32.3. The Labute approximate surface area is 202 Å². The number of hydrogen-bond acceptors (Lipinski definition) is 5. The van der Waals surface area contributed by atoms with E-state index in [9.17, 15) is 14.7 Å². The van der Waals surface area contributed by atoms with Gasteiger partial charge in [0.1, 0.15) is 13.8 Å². The highest BCUT2D eigenvalue weighted by Gasteiger charge is 2.45. The quantitative estimate of drug-likeness (QED) is 0.343. The summed E-state index contributed by atoms with van der Waals surface area (Å²) in [6.07, 6.45) is 8.04. The van der Waals surface area contributed by atoms with Crippen LogP contribution in [-0.2, 0) is 34.7 Å². The number of hydrogen-bond donors (Lipinski definition) is 1. The Morgan fingerprint density at radius 1 is 1.24 bits per heavy atom. The SMILES string of the molecule is BBc1ccc2nc3c(c(CCS(C)(C)C)c2c1)Cn1c-3cc2c(c1=O)COC(=O)C2(O)CC. The fourth-order valence-electron chi connectivity index (χ4n) is 5.12.